The van der Waals surface area contributed by atoms with E-state index in [0.29, 0.717) is 10.0 Å². The van der Waals surface area contributed by atoms with Crippen LogP contribution in [0.1, 0.15) is 19.4 Å². The third kappa shape index (κ3) is 3.33. The lowest BCUT2D eigenvalue weighted by Crippen LogP contribution is -2.34. The van der Waals surface area contributed by atoms with Crippen molar-refractivity contribution in [3.8, 4) is 0 Å². The average molecular weight is 308 g/mol. The quantitative estimate of drug-likeness (QED) is 0.857. The molecule has 20 heavy (non-hydrogen) atoms. The molecule has 0 aliphatic carbocycles. The number of carbonyl (C=O) groups excluding carboxylic acids is 1. The maximum Gasteiger partial charge on any atom is 0.234 e. The minimum Gasteiger partial charge on any atom is -0.325 e. The van der Waals surface area contributed by atoms with Crippen LogP contribution in [0.2, 0.25) is 10.0 Å². The summed E-state index contributed by atoms with van der Waals surface area (Å²) in [5.41, 5.74) is 0.913. The molecule has 0 aliphatic heterocycles. The van der Waals surface area contributed by atoms with Crippen molar-refractivity contribution in [1.29, 1.82) is 0 Å². The molecule has 0 heterocycles. The Bertz CT molecular complexity index is 621. The van der Waals surface area contributed by atoms with Gasteiger partial charge in [0.15, 0.2) is 0 Å². The van der Waals surface area contributed by atoms with Gasteiger partial charge in [0.1, 0.15) is 0 Å². The van der Waals surface area contributed by atoms with Crippen molar-refractivity contribution in [1.82, 2.24) is 0 Å². The third-order valence-electron chi connectivity index (χ3n) is 3.22. The predicted octanol–water partition coefficient (Wildman–Crippen LogP) is 4.91. The van der Waals surface area contributed by atoms with Crippen molar-refractivity contribution in [2.24, 2.45) is 0 Å². The van der Waals surface area contributed by atoms with E-state index in [2.05, 4.69) is 5.32 Å². The molecule has 0 spiro atoms. The minimum absolute atomic E-state index is 0.0953. The smallest absolute Gasteiger partial charge is 0.234 e. The molecule has 0 atom stereocenters. The fourth-order valence-corrected chi connectivity index (χ4v) is 2.15. The van der Waals surface area contributed by atoms with E-state index in [1.165, 1.54) is 0 Å². The van der Waals surface area contributed by atoms with E-state index in [4.69, 9.17) is 23.2 Å². The summed E-state index contributed by atoms with van der Waals surface area (Å²) in [4.78, 5) is 12.4. The number of carbonyl (C=O) groups is 1. The molecule has 0 unspecified atom stereocenters. The molecule has 0 radical (unpaired) electrons. The number of nitrogens with one attached hydrogen (secondary N) is 1. The maximum absolute atomic E-state index is 12.4. The first-order chi connectivity index (χ1) is 9.39. The van der Waals surface area contributed by atoms with Crippen molar-refractivity contribution in [2.45, 2.75) is 19.3 Å². The molecule has 0 aromatic heterocycles. The van der Waals surface area contributed by atoms with Crippen LogP contribution in [-0.4, -0.2) is 5.91 Å². The Hall–Kier alpha value is -1.51. The molecule has 2 rings (SSSR count). The minimum atomic E-state index is -0.676. The maximum atomic E-state index is 12.4. The van der Waals surface area contributed by atoms with E-state index in [0.717, 1.165) is 11.3 Å². The summed E-state index contributed by atoms with van der Waals surface area (Å²) >= 11 is 11.8. The number of anilines is 1. The fourth-order valence-electron chi connectivity index (χ4n) is 1.83. The van der Waals surface area contributed by atoms with Crippen molar-refractivity contribution in [3.05, 3.63) is 64.1 Å². The Morgan fingerprint density at radius 2 is 1.65 bits per heavy atom. The van der Waals surface area contributed by atoms with Gasteiger partial charge in [-0.1, -0.05) is 35.3 Å². The first-order valence-corrected chi connectivity index (χ1v) is 6.98. The molecular weight excluding hydrogens is 293 g/mol. The molecule has 2 aromatic rings. The van der Waals surface area contributed by atoms with Crippen LogP contribution in [0.3, 0.4) is 0 Å². The summed E-state index contributed by atoms with van der Waals surface area (Å²) in [7, 11) is 0. The van der Waals surface area contributed by atoms with E-state index in [1.54, 1.807) is 30.3 Å². The molecule has 0 aliphatic rings. The second kappa shape index (κ2) is 5.86. The van der Waals surface area contributed by atoms with Crippen LogP contribution in [0.25, 0.3) is 0 Å². The standard InChI is InChI=1S/C16H15Cl2NO/c1-16(2,11-4-3-5-13(18)10-11)15(20)19-14-8-6-12(17)7-9-14/h3-10H,1-2H3,(H,19,20). The van der Waals surface area contributed by atoms with Crippen molar-refractivity contribution in [2.75, 3.05) is 5.32 Å². The van der Waals surface area contributed by atoms with Crippen LogP contribution < -0.4 is 5.32 Å². The van der Waals surface area contributed by atoms with Crippen LogP contribution in [-0.2, 0) is 10.2 Å². The number of benzene rings is 2. The van der Waals surface area contributed by atoms with Gasteiger partial charge in [-0.15, -0.1) is 0 Å². The molecule has 1 N–H and O–H groups in total. The Morgan fingerprint density at radius 3 is 2.25 bits per heavy atom. The monoisotopic (exact) mass is 307 g/mol. The van der Waals surface area contributed by atoms with E-state index in [1.807, 2.05) is 32.0 Å². The Balaban J connectivity index is 2.21. The lowest BCUT2D eigenvalue weighted by Gasteiger charge is -2.24. The number of halogens is 2. The van der Waals surface area contributed by atoms with Gasteiger partial charge in [0.2, 0.25) is 5.91 Å². The molecule has 4 heteroatoms. The summed E-state index contributed by atoms with van der Waals surface area (Å²) < 4.78 is 0. The lowest BCUT2D eigenvalue weighted by molar-refractivity contribution is -0.120. The van der Waals surface area contributed by atoms with Gasteiger partial charge in [0.05, 0.1) is 5.41 Å². The zero-order valence-electron chi connectivity index (χ0n) is 11.3. The summed E-state index contributed by atoms with van der Waals surface area (Å²) in [5.74, 6) is -0.0953. The number of hydrogen-bond acceptors (Lipinski definition) is 1. The van der Waals surface area contributed by atoms with E-state index >= 15 is 0 Å². The Labute approximate surface area is 128 Å². The van der Waals surface area contributed by atoms with Crippen LogP contribution in [0.5, 0.6) is 0 Å². The van der Waals surface area contributed by atoms with Crippen LogP contribution in [0.4, 0.5) is 5.69 Å². The summed E-state index contributed by atoms with van der Waals surface area (Å²) in [6.45, 7) is 3.73. The largest absolute Gasteiger partial charge is 0.325 e. The predicted molar refractivity (Wildman–Crippen MR) is 84.6 cm³/mol. The van der Waals surface area contributed by atoms with Gasteiger partial charge in [-0.3, -0.25) is 4.79 Å². The third-order valence-corrected chi connectivity index (χ3v) is 3.70. The van der Waals surface area contributed by atoms with Crippen molar-refractivity contribution >= 4 is 34.8 Å². The highest BCUT2D eigenvalue weighted by molar-refractivity contribution is 6.31. The zero-order valence-corrected chi connectivity index (χ0v) is 12.8. The van der Waals surface area contributed by atoms with Gasteiger partial charge in [0, 0.05) is 15.7 Å². The number of amides is 1. The Kier molecular flexibility index (Phi) is 4.36. The molecule has 2 nitrogen and oxygen atoms in total. The molecule has 0 saturated heterocycles. The summed E-state index contributed by atoms with van der Waals surface area (Å²) in [6, 6.07) is 14.4. The first-order valence-electron chi connectivity index (χ1n) is 6.22. The lowest BCUT2D eigenvalue weighted by atomic mass is 9.83. The molecule has 0 fully saturated rings. The normalized spacial score (nSPS) is 11.2. The fraction of sp³-hybridized carbons (Fsp3) is 0.188. The molecule has 0 bridgehead atoms. The highest BCUT2D eigenvalue weighted by atomic mass is 35.5. The van der Waals surface area contributed by atoms with E-state index in [-0.39, 0.29) is 5.91 Å². The van der Waals surface area contributed by atoms with Gasteiger partial charge >= 0.3 is 0 Å². The second-order valence-corrected chi connectivity index (χ2v) is 5.97. The van der Waals surface area contributed by atoms with Gasteiger partial charge < -0.3 is 5.32 Å². The highest BCUT2D eigenvalue weighted by Gasteiger charge is 2.29. The van der Waals surface area contributed by atoms with E-state index < -0.39 is 5.41 Å². The number of hydrogen-bond donors (Lipinski definition) is 1. The van der Waals surface area contributed by atoms with Crippen LogP contribution in [0, 0.1) is 0 Å². The zero-order chi connectivity index (χ0) is 14.8. The van der Waals surface area contributed by atoms with Gasteiger partial charge in [-0.25, -0.2) is 0 Å². The van der Waals surface area contributed by atoms with Crippen molar-refractivity contribution < 1.29 is 4.79 Å². The van der Waals surface area contributed by atoms with E-state index in [9.17, 15) is 4.79 Å². The first kappa shape index (κ1) is 14.9. The molecule has 2 aromatic carbocycles. The van der Waals surface area contributed by atoms with Crippen LogP contribution in [0.15, 0.2) is 48.5 Å². The molecule has 1 amide bonds. The van der Waals surface area contributed by atoms with Gasteiger partial charge in [-0.2, -0.15) is 0 Å². The molecule has 104 valence electrons. The summed E-state index contributed by atoms with van der Waals surface area (Å²) in [6.07, 6.45) is 0. The van der Waals surface area contributed by atoms with Gasteiger partial charge in [-0.05, 0) is 55.8 Å². The van der Waals surface area contributed by atoms with Crippen molar-refractivity contribution in [3.63, 3.8) is 0 Å². The average Bonchev–Trinajstić information content (AvgIpc) is 2.41. The molecular formula is C16H15Cl2NO. The highest BCUT2D eigenvalue weighted by Crippen LogP contribution is 2.27. The SMILES string of the molecule is CC(C)(C(=O)Nc1ccc(Cl)cc1)c1cccc(Cl)c1. The Morgan fingerprint density at radius 1 is 1.00 bits per heavy atom. The second-order valence-electron chi connectivity index (χ2n) is 5.10. The van der Waals surface area contributed by atoms with Gasteiger partial charge in [0.25, 0.3) is 0 Å². The van der Waals surface area contributed by atoms with Crippen LogP contribution >= 0.6 is 23.2 Å². The summed E-state index contributed by atoms with van der Waals surface area (Å²) in [5, 5.41) is 4.14. The molecule has 0 saturated carbocycles. The number of rotatable bonds is 3. The topological polar surface area (TPSA) is 29.1 Å².